The number of hydrogen-bond acceptors (Lipinski definition) is 4. The molecule has 0 bridgehead atoms. The smallest absolute Gasteiger partial charge is 0.310 e. The molecular weight excluding hydrogens is 484 g/mol. The number of ether oxygens (including phenoxy) is 2. The molecule has 1 saturated carbocycles. The molecule has 1 fully saturated rings. The van der Waals surface area contributed by atoms with Gasteiger partial charge in [-0.1, -0.05) is 156 Å². The molecule has 0 amide bonds. The fourth-order valence-corrected chi connectivity index (χ4v) is 6.16. The van der Waals surface area contributed by atoms with Gasteiger partial charge in [-0.25, -0.2) is 0 Å². The highest BCUT2D eigenvalue weighted by Crippen LogP contribution is 2.36. The molecule has 0 heterocycles. The molecule has 1 aliphatic rings. The van der Waals surface area contributed by atoms with Crippen molar-refractivity contribution in [3.05, 3.63) is 0 Å². The minimum Gasteiger partial charge on any atom is -0.465 e. The molecule has 230 valence electrons. The van der Waals surface area contributed by atoms with E-state index in [1.807, 2.05) is 0 Å². The first-order valence-corrected chi connectivity index (χ1v) is 17.4. The average molecular weight is 551 g/mol. The zero-order chi connectivity index (χ0) is 28.4. The first-order chi connectivity index (χ1) is 19.1. The van der Waals surface area contributed by atoms with Crippen molar-refractivity contribution in [1.29, 1.82) is 0 Å². The van der Waals surface area contributed by atoms with E-state index in [2.05, 4.69) is 20.8 Å². The maximum atomic E-state index is 13.0. The van der Waals surface area contributed by atoms with Crippen molar-refractivity contribution in [2.24, 2.45) is 17.8 Å². The fourth-order valence-electron chi connectivity index (χ4n) is 6.16. The number of carbonyl (C=O) groups is 2. The molecule has 0 aromatic heterocycles. The van der Waals surface area contributed by atoms with E-state index in [9.17, 15) is 9.59 Å². The molecule has 0 aromatic rings. The lowest BCUT2D eigenvalue weighted by atomic mass is 9.73. The van der Waals surface area contributed by atoms with Crippen LogP contribution < -0.4 is 0 Å². The summed E-state index contributed by atoms with van der Waals surface area (Å²) >= 11 is 0. The minimum absolute atomic E-state index is 0.175. The Morgan fingerprint density at radius 2 is 0.872 bits per heavy atom. The molecule has 0 radical (unpaired) electrons. The van der Waals surface area contributed by atoms with Crippen molar-refractivity contribution in [2.45, 2.75) is 181 Å². The molecule has 0 N–H and O–H groups in total. The summed E-state index contributed by atoms with van der Waals surface area (Å²) < 4.78 is 11.3. The van der Waals surface area contributed by atoms with Gasteiger partial charge in [-0.15, -0.1) is 0 Å². The van der Waals surface area contributed by atoms with E-state index < -0.39 is 0 Å². The third-order valence-corrected chi connectivity index (χ3v) is 8.78. The van der Waals surface area contributed by atoms with Gasteiger partial charge in [-0.3, -0.25) is 9.59 Å². The molecule has 0 spiro atoms. The molecule has 3 atom stereocenters. The summed E-state index contributed by atoms with van der Waals surface area (Å²) in [4.78, 5) is 25.8. The van der Waals surface area contributed by atoms with E-state index in [-0.39, 0.29) is 29.7 Å². The molecule has 0 aromatic carbocycles. The second kappa shape index (κ2) is 25.9. The number of unbranched alkanes of at least 4 members (excludes halogenated alkanes) is 20. The lowest BCUT2D eigenvalue weighted by Crippen LogP contribution is -2.39. The third kappa shape index (κ3) is 18.8. The second-order valence-corrected chi connectivity index (χ2v) is 12.4. The highest BCUT2D eigenvalue weighted by atomic mass is 16.5. The summed E-state index contributed by atoms with van der Waals surface area (Å²) in [5, 5.41) is 0. The van der Waals surface area contributed by atoms with E-state index in [0.717, 1.165) is 44.9 Å². The van der Waals surface area contributed by atoms with Crippen LogP contribution in [0.3, 0.4) is 0 Å². The van der Waals surface area contributed by atoms with Gasteiger partial charge in [0.15, 0.2) is 0 Å². The molecule has 1 rings (SSSR count). The summed E-state index contributed by atoms with van der Waals surface area (Å²) in [7, 11) is 0. The van der Waals surface area contributed by atoms with Gasteiger partial charge in [0.05, 0.1) is 25.0 Å². The molecule has 1 aliphatic carbocycles. The van der Waals surface area contributed by atoms with Crippen LogP contribution in [0.2, 0.25) is 0 Å². The van der Waals surface area contributed by atoms with Crippen LogP contribution >= 0.6 is 0 Å². The van der Waals surface area contributed by atoms with Gasteiger partial charge in [0.1, 0.15) is 0 Å². The molecule has 3 unspecified atom stereocenters. The Labute approximate surface area is 243 Å². The van der Waals surface area contributed by atoms with Gasteiger partial charge >= 0.3 is 11.9 Å². The van der Waals surface area contributed by atoms with Crippen molar-refractivity contribution in [2.75, 3.05) is 13.2 Å². The standard InChI is InChI=1S/C35H66O4/c1-4-6-8-10-12-14-16-18-20-22-24-29-38-34(36)32-28-26-27-31(3)33(32)35(37)39-30-25-23-21-19-17-15-13-11-9-7-5-2/h31-33H,4-30H2,1-3H3. The summed E-state index contributed by atoms with van der Waals surface area (Å²) in [5.41, 5.74) is 0. The highest BCUT2D eigenvalue weighted by Gasteiger charge is 2.42. The topological polar surface area (TPSA) is 52.6 Å². The van der Waals surface area contributed by atoms with Gasteiger partial charge < -0.3 is 9.47 Å². The number of rotatable bonds is 26. The molecule has 4 nitrogen and oxygen atoms in total. The number of hydrogen-bond donors (Lipinski definition) is 0. The summed E-state index contributed by atoms with van der Waals surface area (Å²) in [6.07, 6.45) is 30.9. The van der Waals surface area contributed by atoms with E-state index in [1.165, 1.54) is 116 Å². The SMILES string of the molecule is CCCCCCCCCCCCCOC(=O)C1CCCC(C)C1C(=O)OCCCCCCCCCCCCC. The molecule has 0 saturated heterocycles. The van der Waals surface area contributed by atoms with Crippen molar-refractivity contribution in [3.8, 4) is 0 Å². The van der Waals surface area contributed by atoms with Crippen LogP contribution in [0.5, 0.6) is 0 Å². The van der Waals surface area contributed by atoms with Crippen LogP contribution in [-0.2, 0) is 19.1 Å². The van der Waals surface area contributed by atoms with Gasteiger partial charge in [0.25, 0.3) is 0 Å². The quantitative estimate of drug-likeness (QED) is 0.0793. The Bertz CT molecular complexity index is 575. The lowest BCUT2D eigenvalue weighted by molar-refractivity contribution is -0.165. The summed E-state index contributed by atoms with van der Waals surface area (Å²) in [6.45, 7) is 7.60. The van der Waals surface area contributed by atoms with Crippen LogP contribution in [-0.4, -0.2) is 25.2 Å². The van der Waals surface area contributed by atoms with E-state index in [1.54, 1.807) is 0 Å². The average Bonchev–Trinajstić information content (AvgIpc) is 2.93. The zero-order valence-electron chi connectivity index (χ0n) is 26.5. The second-order valence-electron chi connectivity index (χ2n) is 12.4. The Balaban J connectivity index is 2.13. The molecule has 0 aliphatic heterocycles. The Morgan fingerprint density at radius 1 is 0.513 bits per heavy atom. The van der Waals surface area contributed by atoms with Crippen LogP contribution in [0.15, 0.2) is 0 Å². The normalized spacial score (nSPS) is 19.2. The first kappa shape index (κ1) is 36.0. The first-order valence-electron chi connectivity index (χ1n) is 17.4. The maximum absolute atomic E-state index is 13.0. The van der Waals surface area contributed by atoms with Gasteiger partial charge in [-0.05, 0) is 31.6 Å². The van der Waals surface area contributed by atoms with Crippen LogP contribution in [0, 0.1) is 17.8 Å². The monoisotopic (exact) mass is 550 g/mol. The lowest BCUT2D eigenvalue weighted by Gasteiger charge is -2.33. The number of carbonyl (C=O) groups excluding carboxylic acids is 2. The summed E-state index contributed by atoms with van der Waals surface area (Å²) in [6, 6.07) is 0. The van der Waals surface area contributed by atoms with Crippen LogP contribution in [0.25, 0.3) is 0 Å². The molecule has 4 heteroatoms. The van der Waals surface area contributed by atoms with Gasteiger partial charge in [-0.2, -0.15) is 0 Å². The molecule has 39 heavy (non-hydrogen) atoms. The zero-order valence-corrected chi connectivity index (χ0v) is 26.5. The van der Waals surface area contributed by atoms with E-state index in [4.69, 9.17) is 9.47 Å². The van der Waals surface area contributed by atoms with Gasteiger partial charge in [0, 0.05) is 0 Å². The Kier molecular flexibility index (Phi) is 23.9. The largest absolute Gasteiger partial charge is 0.465 e. The predicted molar refractivity (Wildman–Crippen MR) is 165 cm³/mol. The third-order valence-electron chi connectivity index (χ3n) is 8.78. The fraction of sp³-hybridized carbons (Fsp3) is 0.943. The highest BCUT2D eigenvalue weighted by molar-refractivity contribution is 5.82. The summed E-state index contributed by atoms with van der Waals surface area (Å²) in [5.74, 6) is -0.832. The van der Waals surface area contributed by atoms with Gasteiger partial charge in [0.2, 0.25) is 0 Å². The van der Waals surface area contributed by atoms with Crippen LogP contribution in [0.4, 0.5) is 0 Å². The van der Waals surface area contributed by atoms with Crippen LogP contribution in [0.1, 0.15) is 181 Å². The van der Waals surface area contributed by atoms with Crippen molar-refractivity contribution in [3.63, 3.8) is 0 Å². The Morgan fingerprint density at radius 3 is 1.28 bits per heavy atom. The maximum Gasteiger partial charge on any atom is 0.310 e. The number of esters is 2. The Hall–Kier alpha value is -1.06. The van der Waals surface area contributed by atoms with E-state index in [0.29, 0.717) is 13.2 Å². The van der Waals surface area contributed by atoms with E-state index >= 15 is 0 Å². The van der Waals surface area contributed by atoms with Crippen molar-refractivity contribution < 1.29 is 19.1 Å². The van der Waals surface area contributed by atoms with Crippen molar-refractivity contribution in [1.82, 2.24) is 0 Å². The predicted octanol–water partition coefficient (Wildman–Crippen LogP) is 10.7. The molecular formula is C35H66O4. The minimum atomic E-state index is -0.337. The van der Waals surface area contributed by atoms with Crippen molar-refractivity contribution >= 4 is 11.9 Å².